The number of nitrogens with zero attached hydrogens (tertiary/aromatic N) is 1. The Balaban J connectivity index is 2.74. The number of ether oxygens (including phenoxy) is 1. The molecule has 0 heterocycles. The van der Waals surface area contributed by atoms with Crippen LogP contribution in [-0.2, 0) is 0 Å². The summed E-state index contributed by atoms with van der Waals surface area (Å²) in [4.78, 5) is 9.65. The van der Waals surface area contributed by atoms with E-state index < -0.39 is 16.4 Å². The van der Waals surface area contributed by atoms with E-state index in [0.29, 0.717) is 12.4 Å². The maximum Gasteiger partial charge on any atom is 0.308 e. The predicted octanol–water partition coefficient (Wildman–Crippen LogP) is 2.91. The van der Waals surface area contributed by atoms with Crippen molar-refractivity contribution in [2.75, 3.05) is 6.61 Å². The number of benzene rings is 1. The number of unbranched alkanes of at least 4 members (excludes halogenated alkanes) is 1. The first-order chi connectivity index (χ1) is 7.15. The maximum absolute atomic E-state index is 12.9. The molecule has 0 aliphatic heterocycles. The highest BCUT2D eigenvalue weighted by molar-refractivity contribution is 5.39. The summed E-state index contributed by atoms with van der Waals surface area (Å²) in [5.74, 6) is -0.514. The summed E-state index contributed by atoms with van der Waals surface area (Å²) in [7, 11) is 0. The second-order valence-corrected chi connectivity index (χ2v) is 3.07. The summed E-state index contributed by atoms with van der Waals surface area (Å²) in [5, 5.41) is 10.4. The summed E-state index contributed by atoms with van der Waals surface area (Å²) < 4.78 is 18.1. The molecule has 0 amide bonds. The Hall–Kier alpha value is -1.65. The van der Waals surface area contributed by atoms with Crippen molar-refractivity contribution in [2.45, 2.75) is 19.8 Å². The number of nitro groups is 1. The molecule has 0 fully saturated rings. The van der Waals surface area contributed by atoms with Crippen LogP contribution in [0, 0.1) is 15.9 Å². The molecule has 0 aliphatic carbocycles. The Kier molecular flexibility index (Phi) is 4.03. The number of halogens is 1. The van der Waals surface area contributed by atoms with E-state index in [2.05, 4.69) is 0 Å². The van der Waals surface area contributed by atoms with Gasteiger partial charge in [-0.15, -0.1) is 0 Å². The number of nitro benzene ring substituents is 1. The average molecular weight is 213 g/mol. The lowest BCUT2D eigenvalue weighted by Gasteiger charge is -2.04. The van der Waals surface area contributed by atoms with Gasteiger partial charge in [0.15, 0.2) is 0 Å². The van der Waals surface area contributed by atoms with Gasteiger partial charge >= 0.3 is 5.69 Å². The van der Waals surface area contributed by atoms with E-state index in [-0.39, 0.29) is 0 Å². The molecule has 82 valence electrons. The van der Waals surface area contributed by atoms with Crippen LogP contribution in [0.2, 0.25) is 0 Å². The first kappa shape index (κ1) is 11.4. The third-order valence-electron chi connectivity index (χ3n) is 1.88. The Morgan fingerprint density at radius 2 is 2.27 bits per heavy atom. The SMILES string of the molecule is CCCCOc1ccc(F)c([N+](=O)[O-])c1. The Labute approximate surface area is 86.8 Å². The van der Waals surface area contributed by atoms with Crippen LogP contribution in [0.1, 0.15) is 19.8 Å². The maximum atomic E-state index is 12.9. The van der Waals surface area contributed by atoms with Gasteiger partial charge in [0.05, 0.1) is 17.6 Å². The standard InChI is InChI=1S/C10H12FNO3/c1-2-3-6-15-8-4-5-9(11)10(7-8)12(13)14/h4-5,7H,2-3,6H2,1H3. The lowest BCUT2D eigenvalue weighted by molar-refractivity contribution is -0.387. The summed E-state index contributed by atoms with van der Waals surface area (Å²) >= 11 is 0. The van der Waals surface area contributed by atoms with Crippen LogP contribution >= 0.6 is 0 Å². The van der Waals surface area contributed by atoms with Gasteiger partial charge in [-0.2, -0.15) is 4.39 Å². The third-order valence-corrected chi connectivity index (χ3v) is 1.88. The summed E-state index contributed by atoms with van der Waals surface area (Å²) in [5.41, 5.74) is -0.552. The molecule has 0 atom stereocenters. The quantitative estimate of drug-likeness (QED) is 0.429. The van der Waals surface area contributed by atoms with Crippen molar-refractivity contribution in [1.29, 1.82) is 0 Å². The van der Waals surface area contributed by atoms with Crippen LogP contribution in [0.3, 0.4) is 0 Å². The first-order valence-corrected chi connectivity index (χ1v) is 4.72. The summed E-state index contributed by atoms with van der Waals surface area (Å²) in [6.07, 6.45) is 1.84. The molecule has 5 heteroatoms. The lowest BCUT2D eigenvalue weighted by Crippen LogP contribution is -1.98. The fourth-order valence-corrected chi connectivity index (χ4v) is 1.06. The van der Waals surface area contributed by atoms with Gasteiger partial charge in [0, 0.05) is 0 Å². The summed E-state index contributed by atoms with van der Waals surface area (Å²) in [6.45, 7) is 2.50. The van der Waals surface area contributed by atoms with E-state index in [1.165, 1.54) is 6.07 Å². The van der Waals surface area contributed by atoms with Crippen LogP contribution in [0.4, 0.5) is 10.1 Å². The van der Waals surface area contributed by atoms with Crippen molar-refractivity contribution >= 4 is 5.69 Å². The molecule has 0 saturated heterocycles. The topological polar surface area (TPSA) is 52.4 Å². The van der Waals surface area contributed by atoms with Gasteiger partial charge in [-0.25, -0.2) is 0 Å². The van der Waals surface area contributed by atoms with E-state index in [1.54, 1.807) is 0 Å². The van der Waals surface area contributed by atoms with Gasteiger partial charge in [0.1, 0.15) is 5.75 Å². The molecule has 4 nitrogen and oxygen atoms in total. The van der Waals surface area contributed by atoms with E-state index in [9.17, 15) is 14.5 Å². The third kappa shape index (κ3) is 3.19. The molecule has 1 aromatic carbocycles. The molecule has 0 unspecified atom stereocenters. The fourth-order valence-electron chi connectivity index (χ4n) is 1.06. The monoisotopic (exact) mass is 213 g/mol. The van der Waals surface area contributed by atoms with Crippen molar-refractivity contribution < 1.29 is 14.1 Å². The molecule has 0 spiro atoms. The first-order valence-electron chi connectivity index (χ1n) is 4.72. The molecule has 0 aliphatic rings. The minimum absolute atomic E-state index is 0.330. The molecular weight excluding hydrogens is 201 g/mol. The molecular formula is C10H12FNO3. The number of hydrogen-bond acceptors (Lipinski definition) is 3. The van der Waals surface area contributed by atoms with Crippen LogP contribution in [0.15, 0.2) is 18.2 Å². The van der Waals surface area contributed by atoms with Crippen molar-refractivity contribution in [3.8, 4) is 5.75 Å². The normalized spacial score (nSPS) is 10.0. The zero-order chi connectivity index (χ0) is 11.3. The van der Waals surface area contributed by atoms with Gasteiger partial charge in [0.2, 0.25) is 5.82 Å². The fraction of sp³-hybridized carbons (Fsp3) is 0.400. The second kappa shape index (κ2) is 5.29. The largest absolute Gasteiger partial charge is 0.493 e. The highest BCUT2D eigenvalue weighted by Gasteiger charge is 2.14. The Morgan fingerprint density at radius 3 is 2.87 bits per heavy atom. The Bertz CT molecular complexity index is 355. The molecule has 15 heavy (non-hydrogen) atoms. The van der Waals surface area contributed by atoms with E-state index >= 15 is 0 Å². The predicted molar refractivity (Wildman–Crippen MR) is 53.5 cm³/mol. The van der Waals surface area contributed by atoms with Gasteiger partial charge in [-0.3, -0.25) is 10.1 Å². The van der Waals surface area contributed by atoms with Gasteiger partial charge in [-0.1, -0.05) is 13.3 Å². The average Bonchev–Trinajstić information content (AvgIpc) is 2.20. The summed E-state index contributed by atoms with van der Waals surface area (Å²) in [6, 6.07) is 3.53. The van der Waals surface area contributed by atoms with Gasteiger partial charge in [0.25, 0.3) is 0 Å². The van der Waals surface area contributed by atoms with Crippen molar-refractivity contribution in [2.24, 2.45) is 0 Å². The number of hydrogen-bond donors (Lipinski definition) is 0. The van der Waals surface area contributed by atoms with Crippen LogP contribution in [0.25, 0.3) is 0 Å². The second-order valence-electron chi connectivity index (χ2n) is 3.07. The minimum atomic E-state index is -0.845. The Morgan fingerprint density at radius 1 is 1.53 bits per heavy atom. The molecule has 0 radical (unpaired) electrons. The van der Waals surface area contributed by atoms with Crippen LogP contribution in [0.5, 0.6) is 5.75 Å². The highest BCUT2D eigenvalue weighted by atomic mass is 19.1. The molecule has 1 rings (SSSR count). The highest BCUT2D eigenvalue weighted by Crippen LogP contribution is 2.23. The molecule has 0 aromatic heterocycles. The van der Waals surface area contributed by atoms with Crippen molar-refractivity contribution in [3.63, 3.8) is 0 Å². The van der Waals surface area contributed by atoms with Crippen LogP contribution in [-0.4, -0.2) is 11.5 Å². The van der Waals surface area contributed by atoms with Gasteiger partial charge in [-0.05, 0) is 18.6 Å². The number of rotatable bonds is 5. The smallest absolute Gasteiger partial charge is 0.308 e. The molecule has 0 bridgehead atoms. The van der Waals surface area contributed by atoms with E-state index in [0.717, 1.165) is 25.0 Å². The molecule has 0 N–H and O–H groups in total. The molecule has 0 saturated carbocycles. The van der Waals surface area contributed by atoms with E-state index in [4.69, 9.17) is 4.74 Å². The lowest BCUT2D eigenvalue weighted by atomic mass is 10.3. The zero-order valence-electron chi connectivity index (χ0n) is 8.40. The van der Waals surface area contributed by atoms with Crippen molar-refractivity contribution in [1.82, 2.24) is 0 Å². The van der Waals surface area contributed by atoms with Crippen molar-refractivity contribution in [3.05, 3.63) is 34.1 Å². The zero-order valence-corrected chi connectivity index (χ0v) is 8.40. The van der Waals surface area contributed by atoms with Gasteiger partial charge < -0.3 is 4.74 Å². The molecule has 1 aromatic rings. The van der Waals surface area contributed by atoms with Crippen LogP contribution < -0.4 is 4.74 Å². The van der Waals surface area contributed by atoms with E-state index in [1.807, 2.05) is 6.92 Å². The minimum Gasteiger partial charge on any atom is -0.493 e.